The fourth-order valence-corrected chi connectivity index (χ4v) is 2.03. The first-order chi connectivity index (χ1) is 6.34. The van der Waals surface area contributed by atoms with Gasteiger partial charge in [-0.3, -0.25) is 4.68 Å². The van der Waals surface area contributed by atoms with E-state index < -0.39 is 0 Å². The van der Waals surface area contributed by atoms with E-state index in [1.54, 1.807) is 0 Å². The van der Waals surface area contributed by atoms with Crippen molar-refractivity contribution in [1.82, 2.24) is 14.7 Å². The van der Waals surface area contributed by atoms with Crippen molar-refractivity contribution in [3.05, 3.63) is 16.9 Å². The van der Waals surface area contributed by atoms with Gasteiger partial charge in [0.25, 0.3) is 0 Å². The molecule has 0 saturated carbocycles. The monoisotopic (exact) mass is 243 g/mol. The maximum atomic E-state index is 4.28. The second-order valence-electron chi connectivity index (χ2n) is 3.45. The molecule has 2 heterocycles. The first kappa shape index (κ1) is 9.21. The van der Waals surface area contributed by atoms with Gasteiger partial charge in [-0.25, -0.2) is 0 Å². The summed E-state index contributed by atoms with van der Waals surface area (Å²) in [6, 6.07) is 1.98. The molecular formula is C9H14BrN3. The zero-order valence-electron chi connectivity index (χ0n) is 7.62. The topological polar surface area (TPSA) is 21.1 Å². The summed E-state index contributed by atoms with van der Waals surface area (Å²) in [5.74, 6) is 0. The molecule has 13 heavy (non-hydrogen) atoms. The van der Waals surface area contributed by atoms with Crippen molar-refractivity contribution in [2.24, 2.45) is 0 Å². The number of aromatic nitrogens is 2. The molecule has 0 unspecified atom stereocenters. The molecule has 0 aliphatic carbocycles. The van der Waals surface area contributed by atoms with Gasteiger partial charge in [0.15, 0.2) is 0 Å². The van der Waals surface area contributed by atoms with Crippen LogP contribution in [-0.2, 0) is 6.54 Å². The molecule has 0 N–H and O–H groups in total. The summed E-state index contributed by atoms with van der Waals surface area (Å²) in [6.07, 6.45) is 4.74. The molecule has 1 aliphatic rings. The predicted octanol–water partition coefficient (Wildman–Crippen LogP) is 1.74. The van der Waals surface area contributed by atoms with E-state index in [2.05, 4.69) is 25.9 Å². The molecule has 0 spiro atoms. The van der Waals surface area contributed by atoms with E-state index >= 15 is 0 Å². The molecule has 4 heteroatoms. The van der Waals surface area contributed by atoms with Crippen LogP contribution in [0.25, 0.3) is 0 Å². The van der Waals surface area contributed by atoms with Crippen molar-refractivity contribution in [3.63, 3.8) is 0 Å². The van der Waals surface area contributed by atoms with E-state index in [-0.39, 0.29) is 0 Å². The van der Waals surface area contributed by atoms with Crippen molar-refractivity contribution >= 4 is 15.9 Å². The molecule has 0 atom stereocenters. The van der Waals surface area contributed by atoms with Crippen LogP contribution in [0.5, 0.6) is 0 Å². The van der Waals surface area contributed by atoms with Crippen molar-refractivity contribution in [1.29, 1.82) is 0 Å². The fraction of sp³-hybridized carbons (Fsp3) is 0.667. The van der Waals surface area contributed by atoms with Gasteiger partial charge in [-0.2, -0.15) is 5.10 Å². The highest BCUT2D eigenvalue weighted by molar-refractivity contribution is 9.10. The first-order valence-corrected chi connectivity index (χ1v) is 5.55. The third kappa shape index (κ3) is 2.54. The number of nitrogens with zero attached hydrogens (tertiary/aromatic N) is 3. The van der Waals surface area contributed by atoms with Crippen LogP contribution in [0.1, 0.15) is 12.8 Å². The van der Waals surface area contributed by atoms with Crippen LogP contribution < -0.4 is 0 Å². The van der Waals surface area contributed by atoms with E-state index in [0.29, 0.717) is 0 Å². The summed E-state index contributed by atoms with van der Waals surface area (Å²) in [5, 5.41) is 4.28. The molecule has 0 aromatic carbocycles. The molecule has 0 radical (unpaired) electrons. The molecule has 0 bridgehead atoms. The van der Waals surface area contributed by atoms with Gasteiger partial charge in [0.1, 0.15) is 4.60 Å². The van der Waals surface area contributed by atoms with Gasteiger partial charge in [0.05, 0.1) is 6.54 Å². The quantitative estimate of drug-likeness (QED) is 0.807. The molecule has 72 valence electrons. The summed E-state index contributed by atoms with van der Waals surface area (Å²) in [6.45, 7) is 4.67. The number of halogens is 1. The Hall–Kier alpha value is -0.350. The van der Waals surface area contributed by atoms with Gasteiger partial charge >= 0.3 is 0 Å². The second kappa shape index (κ2) is 4.24. The normalized spacial score (nSPS) is 18.2. The molecule has 1 aromatic rings. The summed E-state index contributed by atoms with van der Waals surface area (Å²) < 4.78 is 2.91. The minimum atomic E-state index is 0.925. The van der Waals surface area contributed by atoms with Crippen LogP contribution in [-0.4, -0.2) is 34.3 Å². The lowest BCUT2D eigenvalue weighted by atomic mass is 10.4. The van der Waals surface area contributed by atoms with E-state index in [1.165, 1.54) is 25.9 Å². The number of hydrogen-bond acceptors (Lipinski definition) is 2. The van der Waals surface area contributed by atoms with Crippen LogP contribution in [0.15, 0.2) is 16.9 Å². The molecule has 2 rings (SSSR count). The maximum Gasteiger partial charge on any atom is 0.128 e. The predicted molar refractivity (Wildman–Crippen MR) is 55.6 cm³/mol. The van der Waals surface area contributed by atoms with Crippen LogP contribution in [0.4, 0.5) is 0 Å². The lowest BCUT2D eigenvalue weighted by Gasteiger charge is -2.13. The highest BCUT2D eigenvalue weighted by Gasteiger charge is 2.10. The van der Waals surface area contributed by atoms with Crippen molar-refractivity contribution in [2.45, 2.75) is 19.4 Å². The van der Waals surface area contributed by atoms with Gasteiger partial charge in [0.2, 0.25) is 0 Å². The standard InChI is InChI=1S/C9H14BrN3/c10-9-3-6-13(11-9)8-7-12-4-1-2-5-12/h3,6H,1-2,4-5,7-8H2. The highest BCUT2D eigenvalue weighted by atomic mass is 79.9. The summed E-state index contributed by atoms with van der Waals surface area (Å²) in [4.78, 5) is 2.50. The summed E-state index contributed by atoms with van der Waals surface area (Å²) >= 11 is 3.34. The highest BCUT2D eigenvalue weighted by Crippen LogP contribution is 2.08. The Kier molecular flexibility index (Phi) is 3.01. The zero-order valence-corrected chi connectivity index (χ0v) is 9.20. The van der Waals surface area contributed by atoms with Crippen LogP contribution in [0.2, 0.25) is 0 Å². The average Bonchev–Trinajstić information content (AvgIpc) is 2.71. The van der Waals surface area contributed by atoms with Gasteiger partial charge in [0, 0.05) is 12.7 Å². The molecule has 1 saturated heterocycles. The van der Waals surface area contributed by atoms with E-state index in [9.17, 15) is 0 Å². The fourth-order valence-electron chi connectivity index (χ4n) is 1.71. The summed E-state index contributed by atoms with van der Waals surface area (Å²) in [5.41, 5.74) is 0. The Labute approximate surface area is 86.8 Å². The lowest BCUT2D eigenvalue weighted by Crippen LogP contribution is -2.24. The lowest BCUT2D eigenvalue weighted by molar-refractivity contribution is 0.315. The van der Waals surface area contributed by atoms with Gasteiger partial charge in [-0.05, 0) is 47.9 Å². The Bertz CT molecular complexity index is 266. The SMILES string of the molecule is Brc1ccn(CCN2CCCC2)n1. The molecule has 1 aliphatic heterocycles. The van der Waals surface area contributed by atoms with Gasteiger partial charge in [-0.15, -0.1) is 0 Å². The molecule has 1 fully saturated rings. The second-order valence-corrected chi connectivity index (χ2v) is 4.26. The molecule has 0 amide bonds. The Morgan fingerprint density at radius 3 is 2.69 bits per heavy atom. The Balaban J connectivity index is 1.78. The van der Waals surface area contributed by atoms with E-state index in [1.807, 2.05) is 16.9 Å². The number of rotatable bonds is 3. The van der Waals surface area contributed by atoms with Crippen LogP contribution >= 0.6 is 15.9 Å². The molecule has 3 nitrogen and oxygen atoms in total. The Morgan fingerprint density at radius 1 is 1.31 bits per heavy atom. The zero-order chi connectivity index (χ0) is 9.10. The third-order valence-electron chi connectivity index (χ3n) is 2.45. The Morgan fingerprint density at radius 2 is 2.08 bits per heavy atom. The third-order valence-corrected chi connectivity index (χ3v) is 2.88. The van der Waals surface area contributed by atoms with Crippen molar-refractivity contribution in [3.8, 4) is 0 Å². The molecule has 1 aromatic heterocycles. The first-order valence-electron chi connectivity index (χ1n) is 4.76. The van der Waals surface area contributed by atoms with Gasteiger partial charge < -0.3 is 4.90 Å². The molecular weight excluding hydrogens is 230 g/mol. The van der Waals surface area contributed by atoms with E-state index in [0.717, 1.165) is 17.7 Å². The van der Waals surface area contributed by atoms with E-state index in [4.69, 9.17) is 0 Å². The van der Waals surface area contributed by atoms with Crippen LogP contribution in [0.3, 0.4) is 0 Å². The minimum absolute atomic E-state index is 0.925. The average molecular weight is 244 g/mol. The maximum absolute atomic E-state index is 4.28. The van der Waals surface area contributed by atoms with Crippen molar-refractivity contribution in [2.75, 3.05) is 19.6 Å². The van der Waals surface area contributed by atoms with Crippen molar-refractivity contribution < 1.29 is 0 Å². The number of hydrogen-bond donors (Lipinski definition) is 0. The summed E-state index contributed by atoms with van der Waals surface area (Å²) in [7, 11) is 0. The smallest absolute Gasteiger partial charge is 0.128 e. The van der Waals surface area contributed by atoms with Crippen LogP contribution in [0, 0.1) is 0 Å². The largest absolute Gasteiger partial charge is 0.301 e. The minimum Gasteiger partial charge on any atom is -0.301 e. The number of likely N-dealkylation sites (tertiary alicyclic amines) is 1. The van der Waals surface area contributed by atoms with Gasteiger partial charge in [-0.1, -0.05) is 0 Å².